The number of carbonyl (C=O) groups is 1. The highest BCUT2D eigenvalue weighted by atomic mass is 127. The van der Waals surface area contributed by atoms with Crippen LogP contribution in [0.25, 0.3) is 0 Å². The number of guanidine groups is 1. The summed E-state index contributed by atoms with van der Waals surface area (Å²) in [6.07, 6.45) is 5.58. The molecule has 1 amide bonds. The summed E-state index contributed by atoms with van der Waals surface area (Å²) in [6, 6.07) is 0.390. The van der Waals surface area contributed by atoms with E-state index in [2.05, 4.69) is 15.0 Å². The third-order valence-corrected chi connectivity index (χ3v) is 8.10. The van der Waals surface area contributed by atoms with Gasteiger partial charge in [-0.3, -0.25) is 4.79 Å². The van der Waals surface area contributed by atoms with Gasteiger partial charge in [0.1, 0.15) is 6.54 Å². The van der Waals surface area contributed by atoms with Gasteiger partial charge in [-0.1, -0.05) is 13.3 Å². The van der Waals surface area contributed by atoms with Gasteiger partial charge in [0.05, 0.1) is 5.25 Å². The molecule has 8 nitrogen and oxygen atoms in total. The molecule has 0 aromatic heterocycles. The standard InChI is InChI=1S/C18H33N5O3S.HI/c1-4-20-27(25,26)15-7-8-23(12-15)18(19-11-17(24)22(2)3)21-16-10-13-5-6-14(16)9-13;/h13-16,20H,4-12H2,1-3H3,(H,19,21);1H. The highest BCUT2D eigenvalue weighted by molar-refractivity contribution is 14.0. The Bertz CT molecular complexity index is 685. The molecule has 4 unspecified atom stereocenters. The van der Waals surface area contributed by atoms with E-state index < -0.39 is 15.3 Å². The molecule has 162 valence electrons. The highest BCUT2D eigenvalue weighted by Gasteiger charge is 2.41. The Kier molecular flexibility index (Phi) is 8.38. The molecule has 3 rings (SSSR count). The van der Waals surface area contributed by atoms with Crippen molar-refractivity contribution in [3.8, 4) is 0 Å². The lowest BCUT2D eigenvalue weighted by atomic mass is 9.95. The third-order valence-electron chi connectivity index (χ3n) is 6.14. The monoisotopic (exact) mass is 527 g/mol. The number of nitrogens with one attached hydrogen (secondary N) is 2. The zero-order chi connectivity index (χ0) is 19.6. The molecule has 2 bridgehead atoms. The number of fused-ring (bicyclic) bond motifs is 2. The van der Waals surface area contributed by atoms with E-state index in [-0.39, 0.29) is 36.4 Å². The smallest absolute Gasteiger partial charge is 0.243 e. The van der Waals surface area contributed by atoms with Crippen LogP contribution in [0.1, 0.15) is 39.0 Å². The van der Waals surface area contributed by atoms with Crippen molar-refractivity contribution in [2.75, 3.05) is 40.3 Å². The van der Waals surface area contributed by atoms with Gasteiger partial charge in [0.15, 0.2) is 5.96 Å². The van der Waals surface area contributed by atoms with Crippen LogP contribution >= 0.6 is 24.0 Å². The summed E-state index contributed by atoms with van der Waals surface area (Å²) in [5.74, 6) is 2.11. The fourth-order valence-electron chi connectivity index (χ4n) is 4.60. The van der Waals surface area contributed by atoms with Crippen LogP contribution in [-0.2, 0) is 14.8 Å². The molecule has 0 aromatic carbocycles. The summed E-state index contributed by atoms with van der Waals surface area (Å²) >= 11 is 0. The molecule has 1 saturated heterocycles. The van der Waals surface area contributed by atoms with Crippen molar-refractivity contribution < 1.29 is 13.2 Å². The Labute approximate surface area is 186 Å². The molecule has 2 saturated carbocycles. The van der Waals surface area contributed by atoms with E-state index in [1.54, 1.807) is 21.0 Å². The van der Waals surface area contributed by atoms with Gasteiger partial charge >= 0.3 is 0 Å². The number of hydrogen-bond acceptors (Lipinski definition) is 4. The number of nitrogens with zero attached hydrogens (tertiary/aromatic N) is 3. The van der Waals surface area contributed by atoms with Gasteiger partial charge < -0.3 is 15.1 Å². The van der Waals surface area contributed by atoms with Crippen LogP contribution in [0.3, 0.4) is 0 Å². The van der Waals surface area contributed by atoms with Crippen LogP contribution in [0.5, 0.6) is 0 Å². The maximum absolute atomic E-state index is 12.3. The van der Waals surface area contributed by atoms with Crippen LogP contribution < -0.4 is 10.0 Å². The molecule has 10 heteroatoms. The largest absolute Gasteiger partial charge is 0.353 e. The van der Waals surface area contributed by atoms with Crippen LogP contribution in [0.15, 0.2) is 4.99 Å². The van der Waals surface area contributed by atoms with E-state index >= 15 is 0 Å². The van der Waals surface area contributed by atoms with Crippen molar-refractivity contribution in [3.63, 3.8) is 0 Å². The molecular formula is C18H34IN5O3S. The van der Waals surface area contributed by atoms with Crippen molar-refractivity contribution in [2.45, 2.75) is 50.3 Å². The number of sulfonamides is 1. The molecule has 3 fully saturated rings. The van der Waals surface area contributed by atoms with Crippen molar-refractivity contribution in [1.82, 2.24) is 19.8 Å². The minimum Gasteiger partial charge on any atom is -0.353 e. The Balaban J connectivity index is 0.00000280. The Morgan fingerprint density at radius 3 is 2.54 bits per heavy atom. The molecular weight excluding hydrogens is 493 g/mol. The lowest BCUT2D eigenvalue weighted by Gasteiger charge is -2.29. The minimum absolute atomic E-state index is 0. The molecule has 1 aliphatic heterocycles. The van der Waals surface area contributed by atoms with Crippen LogP contribution in [-0.4, -0.2) is 81.7 Å². The van der Waals surface area contributed by atoms with E-state index in [9.17, 15) is 13.2 Å². The van der Waals surface area contributed by atoms with E-state index in [0.717, 1.165) is 12.3 Å². The van der Waals surface area contributed by atoms with E-state index in [4.69, 9.17) is 0 Å². The molecule has 4 atom stereocenters. The fraction of sp³-hybridized carbons (Fsp3) is 0.889. The molecule has 3 aliphatic rings. The van der Waals surface area contributed by atoms with Gasteiger partial charge in [-0.15, -0.1) is 24.0 Å². The van der Waals surface area contributed by atoms with Gasteiger partial charge in [0, 0.05) is 39.8 Å². The fourth-order valence-corrected chi connectivity index (χ4v) is 6.03. The number of likely N-dealkylation sites (N-methyl/N-ethyl adjacent to an activating group) is 1. The maximum Gasteiger partial charge on any atom is 0.243 e. The summed E-state index contributed by atoms with van der Waals surface area (Å²) in [6.45, 7) is 3.33. The molecule has 0 spiro atoms. The van der Waals surface area contributed by atoms with Crippen molar-refractivity contribution in [2.24, 2.45) is 16.8 Å². The normalized spacial score (nSPS) is 29.7. The van der Waals surface area contributed by atoms with Crippen molar-refractivity contribution >= 4 is 45.9 Å². The van der Waals surface area contributed by atoms with E-state index in [1.807, 2.05) is 4.90 Å². The first-order chi connectivity index (χ1) is 12.8. The summed E-state index contributed by atoms with van der Waals surface area (Å²) in [5.41, 5.74) is 0. The summed E-state index contributed by atoms with van der Waals surface area (Å²) in [4.78, 5) is 20.1. The van der Waals surface area contributed by atoms with E-state index in [1.165, 1.54) is 24.2 Å². The van der Waals surface area contributed by atoms with Crippen LogP contribution in [0.2, 0.25) is 0 Å². The third kappa shape index (κ3) is 5.50. The summed E-state index contributed by atoms with van der Waals surface area (Å²) < 4.78 is 27.3. The SMILES string of the molecule is CCNS(=O)(=O)C1CCN(C(=NCC(=O)N(C)C)NC2CC3CCC2C3)C1.I. The number of hydrogen-bond donors (Lipinski definition) is 2. The highest BCUT2D eigenvalue weighted by Crippen LogP contribution is 2.44. The molecule has 28 heavy (non-hydrogen) atoms. The molecule has 1 heterocycles. The minimum atomic E-state index is -3.31. The first-order valence-corrected chi connectivity index (χ1v) is 11.6. The quantitative estimate of drug-likeness (QED) is 0.304. The van der Waals surface area contributed by atoms with Gasteiger partial charge in [-0.05, 0) is 37.5 Å². The average Bonchev–Trinajstić information content (AvgIpc) is 3.34. The van der Waals surface area contributed by atoms with Crippen molar-refractivity contribution in [1.29, 1.82) is 0 Å². The predicted molar refractivity (Wildman–Crippen MR) is 121 cm³/mol. The number of rotatable bonds is 6. The van der Waals surface area contributed by atoms with Gasteiger partial charge in [-0.2, -0.15) is 0 Å². The number of aliphatic imine (C=N–C) groups is 1. The summed E-state index contributed by atoms with van der Waals surface area (Å²) in [5, 5.41) is 3.14. The second-order valence-corrected chi connectivity index (χ2v) is 10.3. The zero-order valence-electron chi connectivity index (χ0n) is 17.1. The summed E-state index contributed by atoms with van der Waals surface area (Å²) in [7, 11) is 0.130. The second kappa shape index (κ2) is 9.92. The number of carbonyl (C=O) groups excluding carboxylic acids is 1. The first kappa shape index (κ1) is 23.7. The number of amides is 1. The molecule has 2 N–H and O–H groups in total. The van der Waals surface area contributed by atoms with Gasteiger partial charge in [0.25, 0.3) is 0 Å². The Morgan fingerprint density at radius 2 is 1.96 bits per heavy atom. The maximum atomic E-state index is 12.3. The lowest BCUT2D eigenvalue weighted by molar-refractivity contribution is -0.127. The predicted octanol–water partition coefficient (Wildman–Crippen LogP) is 0.840. The lowest BCUT2D eigenvalue weighted by Crippen LogP contribution is -2.48. The molecule has 0 radical (unpaired) electrons. The van der Waals surface area contributed by atoms with Crippen molar-refractivity contribution in [3.05, 3.63) is 0 Å². The average molecular weight is 527 g/mol. The van der Waals surface area contributed by atoms with Gasteiger partial charge in [-0.25, -0.2) is 18.1 Å². The van der Waals surface area contributed by atoms with E-state index in [0.29, 0.717) is 44.0 Å². The van der Waals surface area contributed by atoms with Gasteiger partial charge in [0.2, 0.25) is 15.9 Å². The topological polar surface area (TPSA) is 94.1 Å². The Morgan fingerprint density at radius 1 is 1.21 bits per heavy atom. The number of halogens is 1. The number of likely N-dealkylation sites (tertiary alicyclic amines) is 1. The second-order valence-electron chi connectivity index (χ2n) is 8.25. The first-order valence-electron chi connectivity index (χ1n) is 10.0. The van der Waals surface area contributed by atoms with Crippen LogP contribution in [0, 0.1) is 11.8 Å². The zero-order valence-corrected chi connectivity index (χ0v) is 20.2. The van der Waals surface area contributed by atoms with Crippen LogP contribution in [0.4, 0.5) is 0 Å². The Hall–Kier alpha value is -0.620. The molecule has 0 aromatic rings. The molecule has 2 aliphatic carbocycles.